The minimum absolute atomic E-state index is 0.0432. The van der Waals surface area contributed by atoms with Crippen LogP contribution in [0.5, 0.6) is 0 Å². The van der Waals surface area contributed by atoms with Crippen molar-refractivity contribution in [1.29, 1.82) is 0 Å². The second-order valence-electron chi connectivity index (χ2n) is 4.77. The van der Waals surface area contributed by atoms with Gasteiger partial charge >= 0.3 is 0 Å². The van der Waals surface area contributed by atoms with Gasteiger partial charge < -0.3 is 15.5 Å². The highest BCUT2D eigenvalue weighted by molar-refractivity contribution is 5.84. The van der Waals surface area contributed by atoms with E-state index in [0.29, 0.717) is 6.54 Å². The van der Waals surface area contributed by atoms with Crippen molar-refractivity contribution in [3.8, 4) is 0 Å². The first-order valence-corrected chi connectivity index (χ1v) is 6.05. The zero-order chi connectivity index (χ0) is 14.0. The maximum Gasteiger partial charge on any atom is 0.241 e. The molecule has 100 valence electrons. The molecule has 2 N–H and O–H groups in total. The number of carbonyl (C=O) groups is 1. The fourth-order valence-corrected chi connectivity index (χ4v) is 1.77. The van der Waals surface area contributed by atoms with Crippen molar-refractivity contribution in [2.75, 3.05) is 38.3 Å². The van der Waals surface area contributed by atoms with Crippen LogP contribution in [0.3, 0.4) is 0 Å². The first-order valence-electron chi connectivity index (χ1n) is 6.05. The summed E-state index contributed by atoms with van der Waals surface area (Å²) in [6, 6.07) is 9.45. The number of likely N-dealkylation sites (N-methyl/N-ethyl adjacent to an activating group) is 2. The molecule has 0 aliphatic heterocycles. The number of pyridine rings is 1. The van der Waals surface area contributed by atoms with Gasteiger partial charge in [-0.1, -0.05) is 0 Å². The summed E-state index contributed by atoms with van der Waals surface area (Å²) in [6.45, 7) is 0.306. The lowest BCUT2D eigenvalue weighted by Crippen LogP contribution is -2.34. The molecule has 5 heteroatoms. The van der Waals surface area contributed by atoms with E-state index < -0.39 is 0 Å². The van der Waals surface area contributed by atoms with Gasteiger partial charge in [0.15, 0.2) is 0 Å². The van der Waals surface area contributed by atoms with Crippen molar-refractivity contribution in [1.82, 2.24) is 9.88 Å². The monoisotopic (exact) mass is 258 g/mol. The topological polar surface area (TPSA) is 62.5 Å². The van der Waals surface area contributed by atoms with E-state index >= 15 is 0 Å². The number of benzene rings is 1. The van der Waals surface area contributed by atoms with Crippen LogP contribution in [-0.2, 0) is 4.79 Å². The molecule has 1 amide bonds. The molecule has 0 aliphatic carbocycles. The van der Waals surface area contributed by atoms with E-state index in [1.54, 1.807) is 19.0 Å². The third-order valence-corrected chi connectivity index (χ3v) is 2.96. The molecule has 5 nitrogen and oxygen atoms in total. The molecule has 0 radical (unpaired) electrons. The second-order valence-corrected chi connectivity index (χ2v) is 4.77. The van der Waals surface area contributed by atoms with Gasteiger partial charge in [0.2, 0.25) is 5.91 Å². The number of hydrogen-bond donors (Lipinski definition) is 1. The molecule has 2 rings (SSSR count). The Morgan fingerprint density at radius 3 is 2.63 bits per heavy atom. The molecule has 0 atom stereocenters. The minimum atomic E-state index is 0.0432. The molecular formula is C14H18N4O. The van der Waals surface area contributed by atoms with Crippen LogP contribution < -0.4 is 10.6 Å². The highest BCUT2D eigenvalue weighted by Gasteiger charge is 2.10. The van der Waals surface area contributed by atoms with E-state index in [4.69, 9.17) is 5.73 Å². The average Bonchev–Trinajstić information content (AvgIpc) is 2.37. The quantitative estimate of drug-likeness (QED) is 0.844. The third-order valence-electron chi connectivity index (χ3n) is 2.96. The van der Waals surface area contributed by atoms with Crippen LogP contribution in [-0.4, -0.2) is 43.5 Å². The predicted octanol–water partition coefficient (Wildman–Crippen LogP) is 1.34. The number of nitrogens with two attached hydrogens (primary N) is 1. The molecule has 0 fully saturated rings. The number of fused-ring (bicyclic) bond motifs is 1. The summed E-state index contributed by atoms with van der Waals surface area (Å²) in [6.07, 6.45) is 0. The van der Waals surface area contributed by atoms with Crippen molar-refractivity contribution < 1.29 is 4.79 Å². The highest BCUT2D eigenvalue weighted by atomic mass is 16.2. The number of rotatable bonds is 3. The summed E-state index contributed by atoms with van der Waals surface area (Å²) >= 11 is 0. The predicted molar refractivity (Wildman–Crippen MR) is 78.1 cm³/mol. The van der Waals surface area contributed by atoms with Gasteiger partial charge in [-0.2, -0.15) is 0 Å². The number of amides is 1. The number of aromatic nitrogens is 1. The van der Waals surface area contributed by atoms with Gasteiger partial charge in [0.25, 0.3) is 0 Å². The summed E-state index contributed by atoms with van der Waals surface area (Å²) < 4.78 is 0. The molecule has 1 aromatic carbocycles. The van der Waals surface area contributed by atoms with Crippen molar-refractivity contribution in [3.05, 3.63) is 30.3 Å². The van der Waals surface area contributed by atoms with Gasteiger partial charge in [-0.15, -0.1) is 0 Å². The Morgan fingerprint density at radius 1 is 1.21 bits per heavy atom. The maximum atomic E-state index is 11.7. The lowest BCUT2D eigenvalue weighted by Gasteiger charge is -2.20. The summed E-state index contributed by atoms with van der Waals surface area (Å²) in [5.41, 5.74) is 7.32. The maximum absolute atomic E-state index is 11.7. The van der Waals surface area contributed by atoms with Gasteiger partial charge in [0.05, 0.1) is 12.1 Å². The smallest absolute Gasteiger partial charge is 0.241 e. The summed E-state index contributed by atoms with van der Waals surface area (Å²) in [7, 11) is 5.34. The number of hydrogen-bond acceptors (Lipinski definition) is 4. The fraction of sp³-hybridized carbons (Fsp3) is 0.286. The molecular weight excluding hydrogens is 240 g/mol. The fourth-order valence-electron chi connectivity index (χ4n) is 1.77. The van der Waals surface area contributed by atoms with Crippen LogP contribution >= 0.6 is 0 Å². The van der Waals surface area contributed by atoms with Crippen LogP contribution in [0.15, 0.2) is 30.3 Å². The van der Waals surface area contributed by atoms with Crippen molar-refractivity contribution in [2.45, 2.75) is 0 Å². The van der Waals surface area contributed by atoms with Gasteiger partial charge in [0.1, 0.15) is 5.82 Å². The molecule has 0 saturated heterocycles. The van der Waals surface area contributed by atoms with E-state index in [2.05, 4.69) is 4.98 Å². The van der Waals surface area contributed by atoms with Gasteiger partial charge in [-0.05, 0) is 30.3 Å². The summed E-state index contributed by atoms with van der Waals surface area (Å²) in [4.78, 5) is 19.6. The summed E-state index contributed by atoms with van der Waals surface area (Å²) in [5.74, 6) is 0.814. The number of nitrogen functional groups attached to an aromatic ring is 1. The molecule has 0 saturated carbocycles. The van der Waals surface area contributed by atoms with Crippen molar-refractivity contribution in [2.24, 2.45) is 0 Å². The third kappa shape index (κ3) is 2.93. The average molecular weight is 258 g/mol. The molecule has 2 aromatic rings. The zero-order valence-electron chi connectivity index (χ0n) is 11.4. The van der Waals surface area contributed by atoms with Crippen LogP contribution in [0.1, 0.15) is 0 Å². The highest BCUT2D eigenvalue weighted by Crippen LogP contribution is 2.19. The standard InChI is InChI=1S/C14H18N4O/c1-17(2)14(19)9-18(3)13-7-4-10-8-11(15)5-6-12(10)16-13/h4-8H,9,15H2,1-3H3. The molecule has 0 spiro atoms. The van der Waals surface area contributed by atoms with E-state index in [1.165, 1.54) is 0 Å². The Labute approximate surface area is 112 Å². The van der Waals surface area contributed by atoms with Crippen LogP contribution in [0.2, 0.25) is 0 Å². The molecule has 19 heavy (non-hydrogen) atoms. The van der Waals surface area contributed by atoms with Crippen LogP contribution in [0.25, 0.3) is 10.9 Å². The van der Waals surface area contributed by atoms with Gasteiger partial charge in [-0.3, -0.25) is 4.79 Å². The first kappa shape index (κ1) is 13.1. The minimum Gasteiger partial charge on any atom is -0.399 e. The zero-order valence-corrected chi connectivity index (χ0v) is 11.4. The Bertz CT molecular complexity index is 609. The second kappa shape index (κ2) is 5.14. The molecule has 0 unspecified atom stereocenters. The molecule has 1 heterocycles. The molecule has 0 bridgehead atoms. The van der Waals surface area contributed by atoms with Crippen molar-refractivity contribution >= 4 is 28.3 Å². The van der Waals surface area contributed by atoms with E-state index in [9.17, 15) is 4.79 Å². The van der Waals surface area contributed by atoms with Gasteiger partial charge in [-0.25, -0.2) is 4.98 Å². The van der Waals surface area contributed by atoms with Crippen LogP contribution in [0.4, 0.5) is 11.5 Å². The van der Waals surface area contributed by atoms with Crippen molar-refractivity contribution in [3.63, 3.8) is 0 Å². The summed E-state index contributed by atoms with van der Waals surface area (Å²) in [5, 5.41) is 0.996. The SMILES string of the molecule is CN(C)C(=O)CN(C)c1ccc2cc(N)ccc2n1. The van der Waals surface area contributed by atoms with Crippen LogP contribution in [0, 0.1) is 0 Å². The first-order chi connectivity index (χ1) is 8.97. The molecule has 1 aromatic heterocycles. The lowest BCUT2D eigenvalue weighted by molar-refractivity contribution is -0.127. The Kier molecular flexibility index (Phi) is 3.55. The van der Waals surface area contributed by atoms with E-state index in [-0.39, 0.29) is 5.91 Å². The Balaban J connectivity index is 2.25. The normalized spacial score (nSPS) is 10.5. The lowest BCUT2D eigenvalue weighted by atomic mass is 10.2. The Hall–Kier alpha value is -2.30. The number of carbonyl (C=O) groups excluding carboxylic acids is 1. The molecule has 0 aliphatic rings. The Morgan fingerprint density at radius 2 is 1.95 bits per heavy atom. The van der Waals surface area contributed by atoms with E-state index in [1.807, 2.05) is 42.3 Å². The number of anilines is 2. The van der Waals surface area contributed by atoms with E-state index in [0.717, 1.165) is 22.4 Å². The number of nitrogens with zero attached hydrogens (tertiary/aromatic N) is 3. The largest absolute Gasteiger partial charge is 0.399 e. The van der Waals surface area contributed by atoms with Gasteiger partial charge in [0, 0.05) is 32.2 Å².